The Hall–Kier alpha value is -4.06. The average Bonchev–Trinajstić information content (AvgIpc) is 3.07. The van der Waals surface area contributed by atoms with Gasteiger partial charge in [-0.3, -0.25) is 5.41 Å². The normalized spacial score (nSPS) is 21.5. The smallest absolute Gasteiger partial charge is 0.442 e. The monoisotopic (exact) mass is 635 g/mol. The fourth-order valence-corrected chi connectivity index (χ4v) is 5.02. The lowest BCUT2D eigenvalue weighted by Crippen LogP contribution is -2.62. The number of hydrogen-bond donors (Lipinski definition) is 1. The summed E-state index contributed by atoms with van der Waals surface area (Å²) < 4.78 is 77.2. The molecule has 1 saturated heterocycles. The highest BCUT2D eigenvalue weighted by Crippen LogP contribution is 2.33. The second kappa shape index (κ2) is 16.5. The largest absolute Gasteiger partial charge is 0.467 e. The van der Waals surface area contributed by atoms with Gasteiger partial charge in [-0.25, -0.2) is 0 Å². The lowest BCUT2D eigenvalue weighted by molar-refractivity contribution is -0.316. The molecule has 0 aliphatic carbocycles. The van der Waals surface area contributed by atoms with Crippen molar-refractivity contribution in [2.24, 2.45) is 0 Å². The molecule has 0 spiro atoms. The van der Waals surface area contributed by atoms with E-state index in [1.807, 2.05) is 121 Å². The van der Waals surface area contributed by atoms with Crippen LogP contribution in [0.4, 0.5) is 13.2 Å². The summed E-state index contributed by atoms with van der Waals surface area (Å²) in [5.41, 5.74) is 3.42. The summed E-state index contributed by atoms with van der Waals surface area (Å²) in [6, 6.07) is 37.5. The summed E-state index contributed by atoms with van der Waals surface area (Å²) in [6.45, 7) is 0.497. The van der Waals surface area contributed by atoms with Crippen LogP contribution in [0.3, 0.4) is 0 Å². The quantitative estimate of drug-likeness (QED) is 0.116. The molecule has 0 radical (unpaired) electrons. The van der Waals surface area contributed by atoms with Gasteiger partial charge in [0.1, 0.15) is 24.4 Å². The van der Waals surface area contributed by atoms with Crippen LogP contribution < -0.4 is 0 Å². The van der Waals surface area contributed by atoms with Gasteiger partial charge in [0.2, 0.25) is 6.29 Å². The number of alkyl halides is 3. The highest BCUT2D eigenvalue weighted by atomic mass is 19.4. The third-order valence-electron chi connectivity index (χ3n) is 7.33. The van der Waals surface area contributed by atoms with E-state index < -0.39 is 42.8 Å². The van der Waals surface area contributed by atoms with Gasteiger partial charge in [-0.05, 0) is 22.3 Å². The molecule has 7 nitrogen and oxygen atoms in total. The van der Waals surface area contributed by atoms with E-state index in [-0.39, 0.29) is 33.0 Å². The van der Waals surface area contributed by atoms with Gasteiger partial charge < -0.3 is 28.4 Å². The van der Waals surface area contributed by atoms with Crippen molar-refractivity contribution >= 4 is 5.90 Å². The Morgan fingerprint density at radius 3 is 1.39 bits per heavy atom. The third-order valence-corrected chi connectivity index (χ3v) is 7.33. The maximum Gasteiger partial charge on any atom is 0.467 e. The van der Waals surface area contributed by atoms with Crippen molar-refractivity contribution in [2.45, 2.75) is 63.3 Å². The molecule has 1 heterocycles. The van der Waals surface area contributed by atoms with Crippen LogP contribution in [0, 0.1) is 5.41 Å². The Labute approximate surface area is 266 Å². The molecule has 1 aliphatic rings. The second-order valence-electron chi connectivity index (χ2n) is 10.8. The Morgan fingerprint density at radius 2 is 0.957 bits per heavy atom. The van der Waals surface area contributed by atoms with Gasteiger partial charge in [-0.15, -0.1) is 0 Å². The minimum Gasteiger partial charge on any atom is -0.442 e. The van der Waals surface area contributed by atoms with E-state index in [0.29, 0.717) is 0 Å². The maximum atomic E-state index is 13.6. The zero-order chi connectivity index (χ0) is 32.2. The molecular formula is C36H36F3NO6. The minimum atomic E-state index is -5.03. The highest BCUT2D eigenvalue weighted by molar-refractivity contribution is 5.78. The number of benzene rings is 4. The zero-order valence-corrected chi connectivity index (χ0v) is 25.1. The topological polar surface area (TPSA) is 79.2 Å². The summed E-state index contributed by atoms with van der Waals surface area (Å²) in [5, 5.41) is 7.64. The van der Waals surface area contributed by atoms with E-state index in [2.05, 4.69) is 0 Å². The van der Waals surface area contributed by atoms with E-state index in [9.17, 15) is 13.2 Å². The van der Waals surface area contributed by atoms with E-state index >= 15 is 0 Å². The van der Waals surface area contributed by atoms with Gasteiger partial charge >= 0.3 is 6.18 Å². The van der Waals surface area contributed by atoms with Gasteiger partial charge in [-0.1, -0.05) is 121 Å². The second-order valence-corrected chi connectivity index (χ2v) is 10.8. The molecule has 46 heavy (non-hydrogen) atoms. The van der Waals surface area contributed by atoms with Gasteiger partial charge in [0.15, 0.2) is 0 Å². The number of hydrogen-bond acceptors (Lipinski definition) is 7. The molecule has 0 unspecified atom stereocenters. The minimum absolute atomic E-state index is 0.0276. The standard InChI is InChI=1S/C36H36F3NO6/c37-36(38,39)35(40)46-34-33(44-24-29-19-11-4-12-20-29)32(43-23-28-17-9-3-10-18-28)31(42-22-27-15-7-2-8-16-27)30(45-34)25-41-21-26-13-5-1-6-14-26/h1-20,30-34,40H,21-25H2/t30-,31-,32+,33-,34-/m1/s1. The first-order chi connectivity index (χ1) is 22.4. The van der Waals surface area contributed by atoms with Crippen LogP contribution in [0.5, 0.6) is 0 Å². The van der Waals surface area contributed by atoms with Gasteiger partial charge in [-0.2, -0.15) is 13.2 Å². The fourth-order valence-electron chi connectivity index (χ4n) is 5.02. The predicted molar refractivity (Wildman–Crippen MR) is 165 cm³/mol. The van der Waals surface area contributed by atoms with Crippen molar-refractivity contribution in [3.63, 3.8) is 0 Å². The fraction of sp³-hybridized carbons (Fsp3) is 0.306. The molecule has 0 aromatic heterocycles. The van der Waals surface area contributed by atoms with E-state index in [0.717, 1.165) is 22.3 Å². The lowest BCUT2D eigenvalue weighted by Gasteiger charge is -2.45. The summed E-state index contributed by atoms with van der Waals surface area (Å²) in [6.07, 6.45) is -10.7. The molecule has 1 fully saturated rings. The molecule has 1 N–H and O–H groups in total. The first-order valence-electron chi connectivity index (χ1n) is 14.9. The molecule has 5 atom stereocenters. The SMILES string of the molecule is N=C(O[C@H]1O[C@H](COCc2ccccc2)[C@@H](OCc2ccccc2)[C@H](OCc2ccccc2)[C@H]1OCc1ccccc1)C(F)(F)F. The van der Waals surface area contributed by atoms with E-state index in [1.54, 1.807) is 0 Å². The average molecular weight is 636 g/mol. The first-order valence-corrected chi connectivity index (χ1v) is 14.9. The molecule has 5 rings (SSSR count). The summed E-state index contributed by atoms with van der Waals surface area (Å²) in [5.74, 6) is -1.90. The van der Waals surface area contributed by atoms with Crippen LogP contribution in [0.15, 0.2) is 121 Å². The van der Waals surface area contributed by atoms with Crippen molar-refractivity contribution in [1.29, 1.82) is 5.41 Å². The summed E-state index contributed by atoms with van der Waals surface area (Å²) >= 11 is 0. The van der Waals surface area contributed by atoms with Gasteiger partial charge in [0.05, 0.1) is 33.0 Å². The molecule has 242 valence electrons. The van der Waals surface area contributed by atoms with Crippen LogP contribution in [-0.2, 0) is 54.8 Å². The van der Waals surface area contributed by atoms with Crippen LogP contribution >= 0.6 is 0 Å². The van der Waals surface area contributed by atoms with Gasteiger partial charge in [0.25, 0.3) is 5.90 Å². The Kier molecular flexibility index (Phi) is 11.9. The number of halogens is 3. The lowest BCUT2D eigenvalue weighted by atomic mass is 9.97. The summed E-state index contributed by atoms with van der Waals surface area (Å²) in [4.78, 5) is 0. The van der Waals surface area contributed by atoms with Crippen LogP contribution in [0.2, 0.25) is 0 Å². The highest BCUT2D eigenvalue weighted by Gasteiger charge is 2.51. The van der Waals surface area contributed by atoms with Crippen molar-refractivity contribution < 1.29 is 41.6 Å². The number of ether oxygens (including phenoxy) is 6. The maximum absolute atomic E-state index is 13.6. The first kappa shape index (κ1) is 33.3. The third kappa shape index (κ3) is 9.72. The number of rotatable bonds is 14. The number of nitrogens with one attached hydrogen (secondary N) is 1. The Bertz CT molecular complexity index is 1460. The Morgan fingerprint density at radius 1 is 0.565 bits per heavy atom. The predicted octanol–water partition coefficient (Wildman–Crippen LogP) is 7.24. The molecule has 10 heteroatoms. The van der Waals surface area contributed by atoms with Gasteiger partial charge in [0, 0.05) is 0 Å². The Balaban J connectivity index is 1.46. The molecule has 0 amide bonds. The molecule has 1 aliphatic heterocycles. The van der Waals surface area contributed by atoms with Crippen LogP contribution in [0.1, 0.15) is 22.3 Å². The van der Waals surface area contributed by atoms with Crippen LogP contribution in [0.25, 0.3) is 0 Å². The molecule has 4 aromatic rings. The molecular weight excluding hydrogens is 599 g/mol. The van der Waals surface area contributed by atoms with Crippen molar-refractivity contribution in [1.82, 2.24) is 0 Å². The van der Waals surface area contributed by atoms with E-state index in [1.165, 1.54) is 0 Å². The van der Waals surface area contributed by atoms with Crippen molar-refractivity contribution in [3.8, 4) is 0 Å². The molecule has 0 bridgehead atoms. The van der Waals surface area contributed by atoms with Crippen molar-refractivity contribution in [3.05, 3.63) is 144 Å². The summed E-state index contributed by atoms with van der Waals surface area (Å²) in [7, 11) is 0. The van der Waals surface area contributed by atoms with Crippen molar-refractivity contribution in [2.75, 3.05) is 6.61 Å². The van der Waals surface area contributed by atoms with Crippen LogP contribution in [-0.4, -0.2) is 49.4 Å². The molecule has 0 saturated carbocycles. The zero-order valence-electron chi connectivity index (χ0n) is 25.1. The molecule has 4 aromatic carbocycles. The van der Waals surface area contributed by atoms with E-state index in [4.69, 9.17) is 33.8 Å².